The number of nitrogens with zero attached hydrogens (tertiary/aromatic N) is 1. The van der Waals surface area contributed by atoms with Gasteiger partial charge in [0, 0.05) is 0 Å². The summed E-state index contributed by atoms with van der Waals surface area (Å²) < 4.78 is 6.29. The van der Waals surface area contributed by atoms with E-state index in [0.717, 1.165) is 6.42 Å². The second-order valence-electron chi connectivity index (χ2n) is 6.32. The van der Waals surface area contributed by atoms with Crippen LogP contribution in [0.1, 0.15) is 52.9 Å². The van der Waals surface area contributed by atoms with Crippen LogP contribution in [0.2, 0.25) is 13.3 Å². The minimum absolute atomic E-state index is 0.229. The predicted octanol–water partition coefficient (Wildman–Crippen LogP) is 4.88. The Bertz CT molecular complexity index is 281. The Morgan fingerprint density at radius 2 is 1.65 bits per heavy atom. The van der Waals surface area contributed by atoms with E-state index in [1.165, 1.54) is 39.0 Å². The molecule has 0 rings (SSSR count). The molecule has 0 bridgehead atoms. The molecule has 0 aliphatic carbocycles. The first-order chi connectivity index (χ1) is 9.46. The van der Waals surface area contributed by atoms with Crippen LogP contribution >= 0.6 is 0 Å². The van der Waals surface area contributed by atoms with Gasteiger partial charge in [-0.15, -0.1) is 0 Å². The molecular weight excluding hydrogens is 353 g/mol. The Labute approximate surface area is 130 Å². The maximum atomic E-state index is 12.3. The standard InChI is InChI=1S/C7H14NO.2C4H9.C2H3.Sn/c1-5-6(2)7(9)8(3)4;2*1-3-4-2;1-2;/h6H,2,5H2,1,3-4H3;2*1,3-4H2,2H3;1H,2H2;. The van der Waals surface area contributed by atoms with Gasteiger partial charge in [0.1, 0.15) is 0 Å². The van der Waals surface area contributed by atoms with Gasteiger partial charge >= 0.3 is 131 Å². The van der Waals surface area contributed by atoms with Crippen molar-refractivity contribution in [2.45, 2.75) is 66.2 Å². The molecule has 1 unspecified atom stereocenters. The van der Waals surface area contributed by atoms with Crippen molar-refractivity contribution in [3.63, 3.8) is 0 Å². The van der Waals surface area contributed by atoms with Crippen LogP contribution < -0.4 is 0 Å². The van der Waals surface area contributed by atoms with Crippen LogP contribution in [0.5, 0.6) is 0 Å². The van der Waals surface area contributed by atoms with E-state index in [4.69, 9.17) is 0 Å². The number of hydrogen-bond donors (Lipinski definition) is 0. The van der Waals surface area contributed by atoms with Gasteiger partial charge in [0.05, 0.1) is 0 Å². The van der Waals surface area contributed by atoms with E-state index in [-0.39, 0.29) is 5.92 Å². The van der Waals surface area contributed by atoms with Crippen LogP contribution in [0.4, 0.5) is 0 Å². The molecule has 0 aromatic carbocycles. The van der Waals surface area contributed by atoms with Crippen molar-refractivity contribution in [1.29, 1.82) is 0 Å². The number of amides is 1. The van der Waals surface area contributed by atoms with Gasteiger partial charge in [-0.25, -0.2) is 0 Å². The van der Waals surface area contributed by atoms with Crippen molar-refractivity contribution in [2.75, 3.05) is 14.1 Å². The average molecular weight is 388 g/mol. The number of carbonyl (C=O) groups excluding carboxylic acids is 1. The van der Waals surface area contributed by atoms with Crippen LogP contribution in [0.25, 0.3) is 0 Å². The fraction of sp³-hybridized carbons (Fsp3) is 0.824. The topological polar surface area (TPSA) is 20.3 Å². The fourth-order valence-corrected chi connectivity index (χ4v) is 16.6. The molecule has 0 fully saturated rings. The molecule has 0 aliphatic heterocycles. The molecule has 20 heavy (non-hydrogen) atoms. The first kappa shape index (κ1) is 20.0. The number of rotatable bonds is 11. The van der Waals surface area contributed by atoms with Crippen LogP contribution in [0.3, 0.4) is 0 Å². The number of unbranched alkanes of at least 4 members (excludes halogenated alkanes) is 2. The zero-order valence-electron chi connectivity index (χ0n) is 14.4. The predicted molar refractivity (Wildman–Crippen MR) is 92.7 cm³/mol. The van der Waals surface area contributed by atoms with Crippen molar-refractivity contribution in [1.82, 2.24) is 4.90 Å². The Morgan fingerprint density at radius 1 is 1.15 bits per heavy atom. The van der Waals surface area contributed by atoms with Gasteiger partial charge in [-0.05, 0) is 0 Å². The number of hydrogen-bond acceptors (Lipinski definition) is 1. The third kappa shape index (κ3) is 6.64. The molecule has 0 spiro atoms. The van der Waals surface area contributed by atoms with E-state index < -0.39 is 18.4 Å². The Kier molecular flexibility index (Phi) is 10.7. The monoisotopic (exact) mass is 389 g/mol. The molecule has 0 saturated heterocycles. The summed E-state index contributed by atoms with van der Waals surface area (Å²) in [5, 5.41) is 0. The van der Waals surface area contributed by atoms with Crippen molar-refractivity contribution in [3.05, 3.63) is 10.7 Å². The fourth-order valence-electron chi connectivity index (χ4n) is 2.94. The molecular formula is C17H35NOSn. The van der Waals surface area contributed by atoms with E-state index in [2.05, 4.69) is 31.4 Å². The molecule has 2 nitrogen and oxygen atoms in total. The molecule has 0 radical (unpaired) electrons. The van der Waals surface area contributed by atoms with Crippen molar-refractivity contribution in [2.24, 2.45) is 5.92 Å². The second kappa shape index (κ2) is 10.7. The van der Waals surface area contributed by atoms with Gasteiger partial charge in [0.15, 0.2) is 0 Å². The Balaban J connectivity index is 4.98. The molecule has 0 N–H and O–H groups in total. The molecule has 0 saturated carbocycles. The van der Waals surface area contributed by atoms with E-state index >= 15 is 0 Å². The molecule has 0 aromatic heterocycles. The van der Waals surface area contributed by atoms with E-state index in [0.29, 0.717) is 5.91 Å². The molecule has 1 atom stereocenters. The number of carbonyl (C=O) groups is 1. The van der Waals surface area contributed by atoms with Crippen LogP contribution in [0, 0.1) is 5.92 Å². The van der Waals surface area contributed by atoms with Crippen LogP contribution in [-0.2, 0) is 4.79 Å². The molecule has 3 heteroatoms. The van der Waals surface area contributed by atoms with Crippen molar-refractivity contribution >= 4 is 24.3 Å². The molecule has 118 valence electrons. The summed E-state index contributed by atoms with van der Waals surface area (Å²) in [6.07, 6.45) is 6.13. The summed E-state index contributed by atoms with van der Waals surface area (Å²) in [5.74, 6) is 0.552. The normalized spacial score (nSPS) is 13.1. The van der Waals surface area contributed by atoms with Gasteiger partial charge in [0.25, 0.3) is 0 Å². The summed E-state index contributed by atoms with van der Waals surface area (Å²) in [7, 11) is 3.77. The first-order valence-corrected chi connectivity index (χ1v) is 16.0. The summed E-state index contributed by atoms with van der Waals surface area (Å²) in [6.45, 7) is 10.9. The van der Waals surface area contributed by atoms with Crippen LogP contribution in [0.15, 0.2) is 10.7 Å². The van der Waals surface area contributed by atoms with Crippen LogP contribution in [-0.4, -0.2) is 43.3 Å². The van der Waals surface area contributed by atoms with Gasteiger partial charge in [-0.3, -0.25) is 0 Å². The van der Waals surface area contributed by atoms with Crippen molar-refractivity contribution in [3.8, 4) is 0 Å². The zero-order valence-corrected chi connectivity index (χ0v) is 17.2. The molecule has 1 amide bonds. The van der Waals surface area contributed by atoms with E-state index in [1.807, 2.05) is 14.1 Å². The summed E-state index contributed by atoms with van der Waals surface area (Å²) in [4.78, 5) is 14.1. The zero-order chi connectivity index (χ0) is 15.6. The SMILES string of the molecule is C=[CH][Sn]([CH2]CCC)([CH2]CCC)[CH2]C(CC)C(=O)N(C)C. The summed E-state index contributed by atoms with van der Waals surface area (Å²) in [5.41, 5.74) is 0. The third-order valence-corrected chi connectivity index (χ3v) is 18.3. The maximum absolute atomic E-state index is 12.3. The van der Waals surface area contributed by atoms with Gasteiger partial charge < -0.3 is 0 Å². The third-order valence-electron chi connectivity index (χ3n) is 4.43. The van der Waals surface area contributed by atoms with Gasteiger partial charge in [0.2, 0.25) is 0 Å². The first-order valence-electron chi connectivity index (χ1n) is 8.31. The van der Waals surface area contributed by atoms with Crippen molar-refractivity contribution < 1.29 is 4.79 Å². The summed E-state index contributed by atoms with van der Waals surface area (Å²) in [6, 6.07) is 0. The van der Waals surface area contributed by atoms with Gasteiger partial charge in [-0.2, -0.15) is 0 Å². The van der Waals surface area contributed by atoms with Gasteiger partial charge in [-0.1, -0.05) is 0 Å². The quantitative estimate of drug-likeness (QED) is 0.463. The molecule has 0 heterocycles. The second-order valence-corrected chi connectivity index (χ2v) is 19.3. The Hall–Kier alpha value is 0.00870. The Morgan fingerprint density at radius 3 is 1.95 bits per heavy atom. The molecule has 0 aliphatic rings. The molecule has 0 aromatic rings. The minimum atomic E-state index is -2.33. The summed E-state index contributed by atoms with van der Waals surface area (Å²) >= 11 is -2.33. The average Bonchev–Trinajstić information content (AvgIpc) is 2.46. The van der Waals surface area contributed by atoms with E-state index in [1.54, 1.807) is 4.90 Å². The van der Waals surface area contributed by atoms with E-state index in [9.17, 15) is 4.79 Å².